The third-order valence-electron chi connectivity index (χ3n) is 4.35. The summed E-state index contributed by atoms with van der Waals surface area (Å²) in [5, 5.41) is 12.1. The smallest absolute Gasteiger partial charge is 0.257 e. The van der Waals surface area contributed by atoms with Crippen molar-refractivity contribution in [2.75, 3.05) is 13.2 Å². The molecule has 0 radical (unpaired) electrons. The van der Waals surface area contributed by atoms with E-state index < -0.39 is 0 Å². The minimum Gasteiger partial charge on any atom is -0.484 e. The molecule has 3 rings (SSSR count). The highest BCUT2D eigenvalue weighted by atomic mass is 35.5. The molecule has 1 amide bonds. The van der Waals surface area contributed by atoms with Gasteiger partial charge in [-0.3, -0.25) is 4.79 Å². The molecule has 0 fully saturated rings. The van der Waals surface area contributed by atoms with Crippen molar-refractivity contribution in [3.8, 4) is 5.75 Å². The van der Waals surface area contributed by atoms with Crippen LogP contribution in [-0.4, -0.2) is 33.8 Å². The fourth-order valence-electron chi connectivity index (χ4n) is 3.01. The number of aryl methyl sites for hydroxylation is 2. The van der Waals surface area contributed by atoms with Crippen molar-refractivity contribution in [3.05, 3.63) is 40.4 Å². The molecule has 2 heterocycles. The van der Waals surface area contributed by atoms with Gasteiger partial charge in [-0.25, -0.2) is 0 Å². The maximum atomic E-state index is 12.0. The average Bonchev–Trinajstić information content (AvgIpc) is 2.81. The zero-order valence-electron chi connectivity index (χ0n) is 14.4. The molecule has 0 saturated heterocycles. The first-order valence-electron chi connectivity index (χ1n) is 8.70. The zero-order chi connectivity index (χ0) is 17.6. The van der Waals surface area contributed by atoms with Gasteiger partial charge < -0.3 is 14.6 Å². The number of carbonyl (C=O) groups excluding carboxylic acids is 1. The number of halogens is 1. The van der Waals surface area contributed by atoms with Crippen LogP contribution in [0, 0.1) is 6.92 Å². The maximum Gasteiger partial charge on any atom is 0.257 e. The largest absolute Gasteiger partial charge is 0.484 e. The molecular formula is C18H23ClN4O2. The van der Waals surface area contributed by atoms with Crippen LogP contribution in [-0.2, 0) is 24.2 Å². The van der Waals surface area contributed by atoms with E-state index in [2.05, 4.69) is 20.1 Å². The molecule has 0 saturated carbocycles. The van der Waals surface area contributed by atoms with Crippen molar-refractivity contribution in [2.24, 2.45) is 0 Å². The highest BCUT2D eigenvalue weighted by molar-refractivity contribution is 6.30. The summed E-state index contributed by atoms with van der Waals surface area (Å²) in [5.41, 5.74) is 0.909. The van der Waals surface area contributed by atoms with Crippen LogP contribution in [0.3, 0.4) is 0 Å². The highest BCUT2D eigenvalue weighted by Gasteiger charge is 2.14. The normalized spacial score (nSPS) is 13.8. The van der Waals surface area contributed by atoms with Crippen LogP contribution in [0.1, 0.15) is 36.5 Å². The summed E-state index contributed by atoms with van der Waals surface area (Å²) in [7, 11) is 0. The number of fused-ring (bicyclic) bond motifs is 1. The molecule has 1 aliphatic rings. The SMILES string of the molecule is Cc1cc(Cl)ccc1OCC(=O)NCCc1nnc2n1CCCCC2. The number of amides is 1. The van der Waals surface area contributed by atoms with E-state index in [1.807, 2.05) is 13.0 Å². The predicted octanol–water partition coefficient (Wildman–Crippen LogP) is 2.70. The number of hydrogen-bond acceptors (Lipinski definition) is 4. The molecule has 0 spiro atoms. The third-order valence-corrected chi connectivity index (χ3v) is 4.59. The molecular weight excluding hydrogens is 340 g/mol. The van der Waals surface area contributed by atoms with Gasteiger partial charge in [0.05, 0.1) is 0 Å². The Hall–Kier alpha value is -2.08. The Morgan fingerprint density at radius 3 is 3.04 bits per heavy atom. The minimum atomic E-state index is -0.148. The van der Waals surface area contributed by atoms with Crippen molar-refractivity contribution in [1.82, 2.24) is 20.1 Å². The molecule has 0 atom stereocenters. The molecule has 1 aromatic carbocycles. The fourth-order valence-corrected chi connectivity index (χ4v) is 3.24. The van der Waals surface area contributed by atoms with Crippen molar-refractivity contribution in [2.45, 2.75) is 45.6 Å². The van der Waals surface area contributed by atoms with Gasteiger partial charge in [-0.05, 0) is 43.5 Å². The molecule has 0 unspecified atom stereocenters. The minimum absolute atomic E-state index is 0.0135. The van der Waals surface area contributed by atoms with Gasteiger partial charge in [-0.2, -0.15) is 0 Å². The molecule has 25 heavy (non-hydrogen) atoms. The highest BCUT2D eigenvalue weighted by Crippen LogP contribution is 2.21. The Morgan fingerprint density at radius 1 is 1.32 bits per heavy atom. The van der Waals surface area contributed by atoms with Crippen LogP contribution < -0.4 is 10.1 Å². The van der Waals surface area contributed by atoms with Gasteiger partial charge in [0.15, 0.2) is 6.61 Å². The summed E-state index contributed by atoms with van der Waals surface area (Å²) in [6, 6.07) is 5.33. The lowest BCUT2D eigenvalue weighted by molar-refractivity contribution is -0.123. The standard InChI is InChI=1S/C18H23ClN4O2/c1-13-11-14(19)6-7-15(13)25-12-18(24)20-9-8-17-22-21-16-5-3-2-4-10-23(16)17/h6-7,11H,2-5,8-10,12H2,1H3,(H,20,24). The van der Waals surface area contributed by atoms with Gasteiger partial charge in [0.2, 0.25) is 0 Å². The first kappa shape index (κ1) is 17.7. The number of nitrogens with one attached hydrogen (secondary N) is 1. The number of benzene rings is 1. The molecule has 7 heteroatoms. The summed E-state index contributed by atoms with van der Waals surface area (Å²) in [6.07, 6.45) is 5.25. The summed E-state index contributed by atoms with van der Waals surface area (Å²) in [5.74, 6) is 2.54. The van der Waals surface area contributed by atoms with Crippen LogP contribution in [0.5, 0.6) is 5.75 Å². The van der Waals surface area contributed by atoms with Crippen LogP contribution in [0.25, 0.3) is 0 Å². The zero-order valence-corrected chi connectivity index (χ0v) is 15.2. The third kappa shape index (κ3) is 4.72. The average molecular weight is 363 g/mol. The second-order valence-electron chi connectivity index (χ2n) is 6.29. The Kier molecular flexibility index (Phi) is 5.91. The van der Waals surface area contributed by atoms with E-state index in [4.69, 9.17) is 16.3 Å². The Morgan fingerprint density at radius 2 is 2.20 bits per heavy atom. The van der Waals surface area contributed by atoms with E-state index in [9.17, 15) is 4.79 Å². The van der Waals surface area contributed by atoms with Crippen LogP contribution >= 0.6 is 11.6 Å². The molecule has 2 aromatic rings. The van der Waals surface area contributed by atoms with Crippen LogP contribution in [0.2, 0.25) is 5.02 Å². The van der Waals surface area contributed by atoms with Crippen molar-refractivity contribution in [1.29, 1.82) is 0 Å². The lowest BCUT2D eigenvalue weighted by Gasteiger charge is -2.10. The lowest BCUT2D eigenvalue weighted by atomic mass is 10.2. The molecule has 0 aliphatic carbocycles. The second-order valence-corrected chi connectivity index (χ2v) is 6.73. The number of ether oxygens (including phenoxy) is 1. The molecule has 1 aliphatic heterocycles. The van der Waals surface area contributed by atoms with Gasteiger partial charge in [0.25, 0.3) is 5.91 Å². The van der Waals surface area contributed by atoms with E-state index in [0.717, 1.165) is 30.2 Å². The van der Waals surface area contributed by atoms with E-state index in [-0.39, 0.29) is 12.5 Å². The van der Waals surface area contributed by atoms with Gasteiger partial charge in [-0.1, -0.05) is 18.0 Å². The number of nitrogens with zero attached hydrogens (tertiary/aromatic N) is 3. The van der Waals surface area contributed by atoms with Gasteiger partial charge in [0, 0.05) is 31.0 Å². The Labute approximate surface area is 152 Å². The van der Waals surface area contributed by atoms with Crippen LogP contribution in [0.4, 0.5) is 0 Å². The Bertz CT molecular complexity index is 745. The number of hydrogen-bond donors (Lipinski definition) is 1. The van der Waals surface area contributed by atoms with Crippen LogP contribution in [0.15, 0.2) is 18.2 Å². The van der Waals surface area contributed by atoms with Crippen molar-refractivity contribution >= 4 is 17.5 Å². The summed E-state index contributed by atoms with van der Waals surface area (Å²) < 4.78 is 7.75. The first-order chi connectivity index (χ1) is 12.1. The Balaban J connectivity index is 1.44. The summed E-state index contributed by atoms with van der Waals surface area (Å²) >= 11 is 5.91. The molecule has 0 bridgehead atoms. The molecule has 1 N–H and O–H groups in total. The van der Waals surface area contributed by atoms with E-state index in [1.54, 1.807) is 12.1 Å². The van der Waals surface area contributed by atoms with E-state index in [1.165, 1.54) is 19.3 Å². The van der Waals surface area contributed by atoms with Gasteiger partial charge in [-0.15, -0.1) is 10.2 Å². The lowest BCUT2D eigenvalue weighted by Crippen LogP contribution is -2.31. The van der Waals surface area contributed by atoms with Gasteiger partial charge >= 0.3 is 0 Å². The monoisotopic (exact) mass is 362 g/mol. The number of aromatic nitrogens is 3. The quantitative estimate of drug-likeness (QED) is 0.857. The fraction of sp³-hybridized carbons (Fsp3) is 0.500. The van der Waals surface area contributed by atoms with Crippen molar-refractivity contribution < 1.29 is 9.53 Å². The topological polar surface area (TPSA) is 69.0 Å². The van der Waals surface area contributed by atoms with Crippen molar-refractivity contribution in [3.63, 3.8) is 0 Å². The molecule has 134 valence electrons. The maximum absolute atomic E-state index is 12.0. The number of rotatable bonds is 6. The number of carbonyl (C=O) groups is 1. The van der Waals surface area contributed by atoms with E-state index >= 15 is 0 Å². The van der Waals surface area contributed by atoms with Gasteiger partial charge in [0.1, 0.15) is 17.4 Å². The summed E-state index contributed by atoms with van der Waals surface area (Å²) in [4.78, 5) is 12.0. The molecule has 6 nitrogen and oxygen atoms in total. The summed E-state index contributed by atoms with van der Waals surface area (Å²) in [6.45, 7) is 3.39. The predicted molar refractivity (Wildman–Crippen MR) is 96.0 cm³/mol. The first-order valence-corrected chi connectivity index (χ1v) is 9.08. The van der Waals surface area contributed by atoms with E-state index in [0.29, 0.717) is 23.7 Å². The molecule has 1 aromatic heterocycles. The second kappa shape index (κ2) is 8.34.